The number of nitrogens with zero attached hydrogens (tertiary/aromatic N) is 4. The van der Waals surface area contributed by atoms with E-state index in [4.69, 9.17) is 0 Å². The molecule has 1 amide bonds. The summed E-state index contributed by atoms with van der Waals surface area (Å²) >= 11 is 0. The fourth-order valence-electron chi connectivity index (χ4n) is 3.19. The molecule has 0 radical (unpaired) electrons. The molecule has 1 saturated heterocycles. The van der Waals surface area contributed by atoms with Crippen molar-refractivity contribution < 1.29 is 4.79 Å². The third kappa shape index (κ3) is 3.80. The highest BCUT2D eigenvalue weighted by Gasteiger charge is 2.28. The number of hydrogen-bond donors (Lipinski definition) is 1. The molecule has 0 spiro atoms. The first-order chi connectivity index (χ1) is 11.4. The molecule has 0 saturated carbocycles. The summed E-state index contributed by atoms with van der Waals surface area (Å²) in [5, 5.41) is 0. The Morgan fingerprint density at radius 1 is 1.17 bits per heavy atom. The van der Waals surface area contributed by atoms with Gasteiger partial charge in [-0.15, -0.1) is 0 Å². The van der Waals surface area contributed by atoms with Gasteiger partial charge in [-0.05, 0) is 18.3 Å². The van der Waals surface area contributed by atoms with Gasteiger partial charge in [-0.3, -0.25) is 9.78 Å². The van der Waals surface area contributed by atoms with Gasteiger partial charge in [0.15, 0.2) is 5.82 Å². The van der Waals surface area contributed by atoms with Gasteiger partial charge < -0.3 is 9.88 Å². The molecule has 0 aromatic carbocycles. The van der Waals surface area contributed by atoms with Crippen LogP contribution in [0.3, 0.4) is 0 Å². The van der Waals surface area contributed by atoms with E-state index in [1.165, 1.54) is 0 Å². The Hall–Kier alpha value is -2.24. The summed E-state index contributed by atoms with van der Waals surface area (Å²) in [7, 11) is 0. The minimum atomic E-state index is 0.0330. The average Bonchev–Trinajstić information content (AvgIpc) is 3.08. The van der Waals surface area contributed by atoms with E-state index in [1.807, 2.05) is 4.90 Å². The molecule has 2 aromatic heterocycles. The Bertz CT molecular complexity index is 682. The number of piperidine rings is 1. The van der Waals surface area contributed by atoms with Crippen LogP contribution in [0.15, 0.2) is 24.8 Å². The van der Waals surface area contributed by atoms with Gasteiger partial charge in [0.1, 0.15) is 5.69 Å². The molecule has 3 rings (SSSR count). The predicted molar refractivity (Wildman–Crippen MR) is 92.2 cm³/mol. The van der Waals surface area contributed by atoms with Crippen LogP contribution in [-0.4, -0.2) is 43.8 Å². The van der Waals surface area contributed by atoms with E-state index < -0.39 is 0 Å². The monoisotopic (exact) mass is 327 g/mol. The third-order valence-corrected chi connectivity index (χ3v) is 4.36. The Balaban J connectivity index is 1.69. The molecule has 24 heavy (non-hydrogen) atoms. The lowest BCUT2D eigenvalue weighted by Crippen LogP contribution is -2.39. The molecular weight excluding hydrogens is 302 g/mol. The van der Waals surface area contributed by atoms with Crippen molar-refractivity contribution in [3.8, 4) is 11.5 Å². The van der Waals surface area contributed by atoms with Crippen molar-refractivity contribution in [1.29, 1.82) is 0 Å². The van der Waals surface area contributed by atoms with Gasteiger partial charge in [-0.2, -0.15) is 0 Å². The molecule has 0 unspecified atom stereocenters. The fraction of sp³-hybridized carbons (Fsp3) is 0.556. The van der Waals surface area contributed by atoms with Crippen LogP contribution in [-0.2, 0) is 4.79 Å². The van der Waals surface area contributed by atoms with Gasteiger partial charge in [0, 0.05) is 50.2 Å². The van der Waals surface area contributed by atoms with Crippen molar-refractivity contribution in [2.75, 3.05) is 13.1 Å². The normalized spacial score (nSPS) is 16.4. The van der Waals surface area contributed by atoms with Gasteiger partial charge in [0.05, 0.1) is 5.69 Å². The van der Waals surface area contributed by atoms with Crippen LogP contribution in [0.5, 0.6) is 0 Å². The number of nitrogens with one attached hydrogen (secondary N) is 1. The largest absolute Gasteiger partial charge is 0.343 e. The number of hydrogen-bond acceptors (Lipinski definition) is 4. The summed E-state index contributed by atoms with van der Waals surface area (Å²) in [6, 6.07) is 0. The van der Waals surface area contributed by atoms with Crippen LogP contribution in [0.2, 0.25) is 0 Å². The molecule has 128 valence electrons. The zero-order valence-electron chi connectivity index (χ0n) is 14.6. The summed E-state index contributed by atoms with van der Waals surface area (Å²) in [5.41, 5.74) is 1.84. The molecular formula is C18H25N5O. The van der Waals surface area contributed by atoms with Gasteiger partial charge in [0.25, 0.3) is 0 Å². The Labute approximate surface area is 142 Å². The quantitative estimate of drug-likeness (QED) is 0.940. The zero-order chi connectivity index (χ0) is 17.2. The van der Waals surface area contributed by atoms with E-state index in [-0.39, 0.29) is 11.3 Å². The molecule has 1 aliphatic heterocycles. The van der Waals surface area contributed by atoms with Crippen molar-refractivity contribution in [2.45, 2.75) is 46.0 Å². The second-order valence-electron chi connectivity index (χ2n) is 7.62. The lowest BCUT2D eigenvalue weighted by molar-refractivity contribution is -0.134. The molecule has 2 aromatic rings. The van der Waals surface area contributed by atoms with Crippen LogP contribution in [0.25, 0.3) is 11.5 Å². The number of aromatic amines is 1. The molecule has 1 fully saturated rings. The van der Waals surface area contributed by atoms with Crippen LogP contribution in [0.1, 0.15) is 51.6 Å². The van der Waals surface area contributed by atoms with Gasteiger partial charge >= 0.3 is 0 Å². The first-order valence-electron chi connectivity index (χ1n) is 8.52. The fourth-order valence-corrected chi connectivity index (χ4v) is 3.19. The van der Waals surface area contributed by atoms with E-state index in [1.54, 1.807) is 24.8 Å². The topological polar surface area (TPSA) is 74.8 Å². The lowest BCUT2D eigenvalue weighted by Gasteiger charge is -2.33. The van der Waals surface area contributed by atoms with Crippen molar-refractivity contribution in [3.05, 3.63) is 30.5 Å². The lowest BCUT2D eigenvalue weighted by atomic mass is 9.89. The smallest absolute Gasteiger partial charge is 0.223 e. The predicted octanol–water partition coefficient (Wildman–Crippen LogP) is 3.01. The van der Waals surface area contributed by atoms with Crippen molar-refractivity contribution in [2.24, 2.45) is 5.41 Å². The van der Waals surface area contributed by atoms with Crippen LogP contribution >= 0.6 is 0 Å². The average molecular weight is 327 g/mol. The summed E-state index contributed by atoms with van der Waals surface area (Å²) < 4.78 is 0. The Morgan fingerprint density at radius 2 is 1.88 bits per heavy atom. The highest BCUT2D eigenvalue weighted by atomic mass is 16.2. The highest BCUT2D eigenvalue weighted by molar-refractivity contribution is 5.77. The molecule has 0 bridgehead atoms. The zero-order valence-corrected chi connectivity index (χ0v) is 14.6. The molecule has 0 atom stereocenters. The Morgan fingerprint density at radius 3 is 2.50 bits per heavy atom. The highest BCUT2D eigenvalue weighted by Crippen LogP contribution is 2.32. The van der Waals surface area contributed by atoms with E-state index >= 15 is 0 Å². The van der Waals surface area contributed by atoms with E-state index in [2.05, 4.69) is 40.7 Å². The summed E-state index contributed by atoms with van der Waals surface area (Å²) in [6.45, 7) is 7.88. The molecule has 0 aliphatic carbocycles. The number of carbonyl (C=O) groups is 1. The first kappa shape index (κ1) is 16.6. The SMILES string of the molecule is CC(C)(C)CC(=O)N1CCC(c2nccnc2-c2ncc[nH]2)CC1. The summed E-state index contributed by atoms with van der Waals surface area (Å²) in [4.78, 5) is 30.8. The van der Waals surface area contributed by atoms with E-state index in [0.717, 1.165) is 43.1 Å². The van der Waals surface area contributed by atoms with Gasteiger partial charge in [-0.1, -0.05) is 20.8 Å². The number of H-pyrrole nitrogens is 1. The molecule has 1 N–H and O–H groups in total. The summed E-state index contributed by atoms with van der Waals surface area (Å²) in [5.74, 6) is 1.33. The van der Waals surface area contributed by atoms with E-state index in [0.29, 0.717) is 12.3 Å². The number of rotatable bonds is 3. The molecule has 1 aliphatic rings. The number of imidazole rings is 1. The number of likely N-dealkylation sites (tertiary alicyclic amines) is 1. The van der Waals surface area contributed by atoms with Gasteiger partial charge in [-0.25, -0.2) is 9.97 Å². The molecule has 6 nitrogen and oxygen atoms in total. The van der Waals surface area contributed by atoms with Gasteiger partial charge in [0.2, 0.25) is 5.91 Å². The summed E-state index contributed by atoms with van der Waals surface area (Å²) in [6.07, 6.45) is 9.39. The molecule has 6 heteroatoms. The standard InChI is InChI=1S/C18H25N5O/c1-18(2,3)12-14(24)23-10-4-13(5-11-23)15-16(20-7-6-19-15)17-21-8-9-22-17/h6-9,13H,4-5,10-12H2,1-3H3,(H,21,22). The third-order valence-electron chi connectivity index (χ3n) is 4.36. The second kappa shape index (κ2) is 6.71. The van der Waals surface area contributed by atoms with E-state index in [9.17, 15) is 4.79 Å². The second-order valence-corrected chi connectivity index (χ2v) is 7.62. The maximum absolute atomic E-state index is 12.4. The minimum Gasteiger partial charge on any atom is -0.343 e. The van der Waals surface area contributed by atoms with Crippen LogP contribution < -0.4 is 0 Å². The van der Waals surface area contributed by atoms with Crippen molar-refractivity contribution in [1.82, 2.24) is 24.8 Å². The van der Waals surface area contributed by atoms with Crippen LogP contribution in [0.4, 0.5) is 0 Å². The minimum absolute atomic E-state index is 0.0330. The number of carbonyl (C=O) groups excluding carboxylic acids is 1. The Kier molecular flexibility index (Phi) is 4.64. The molecule has 3 heterocycles. The maximum Gasteiger partial charge on any atom is 0.223 e. The number of amides is 1. The maximum atomic E-state index is 12.4. The number of aromatic nitrogens is 4. The van der Waals surface area contributed by atoms with Crippen molar-refractivity contribution >= 4 is 5.91 Å². The van der Waals surface area contributed by atoms with Crippen LogP contribution in [0, 0.1) is 5.41 Å². The first-order valence-corrected chi connectivity index (χ1v) is 8.52. The van der Waals surface area contributed by atoms with Crippen molar-refractivity contribution in [3.63, 3.8) is 0 Å².